The number of rotatable bonds is 56. The fourth-order valence-corrected chi connectivity index (χ4v) is 16.9. The molecule has 7 fully saturated rings. The Hall–Kier alpha value is -3.21. The van der Waals surface area contributed by atoms with Gasteiger partial charge in [0.05, 0.1) is 64.5 Å². The molecular weight excluding hydrogens is 1640 g/mol. The van der Waals surface area contributed by atoms with Gasteiger partial charge in [0.2, 0.25) is 17.7 Å². The van der Waals surface area contributed by atoms with Crippen molar-refractivity contribution in [2.45, 2.75) is 454 Å². The molecule has 7 aliphatic rings. The van der Waals surface area contributed by atoms with Crippen LogP contribution in [0.4, 0.5) is 0 Å². The van der Waals surface area contributed by atoms with Crippen molar-refractivity contribution >= 4 is 17.7 Å². The maximum Gasteiger partial charge on any atom is 0.220 e. The Morgan fingerprint density at radius 2 is 0.661 bits per heavy atom. The van der Waals surface area contributed by atoms with Crippen molar-refractivity contribution in [2.24, 2.45) is 0 Å². The summed E-state index contributed by atoms with van der Waals surface area (Å²) in [5, 5.41) is 233. The molecule has 23 N–H and O–H groups in total. The Morgan fingerprint density at radius 1 is 0.331 bits per heavy atom. The molecule has 3 amide bonds. The highest BCUT2D eigenvalue weighted by atomic mass is 16.8. The molecule has 724 valence electrons. The summed E-state index contributed by atoms with van der Waals surface area (Å²) in [5.41, 5.74) is 0. The van der Waals surface area contributed by atoms with Gasteiger partial charge >= 0.3 is 0 Å². The normalized spacial score (nSPS) is 38.5. The van der Waals surface area contributed by atoms with Crippen molar-refractivity contribution in [3.8, 4) is 0 Å². The van der Waals surface area contributed by atoms with E-state index in [4.69, 9.17) is 66.3 Å². The molecule has 40 heteroatoms. The van der Waals surface area contributed by atoms with Crippen LogP contribution in [0.2, 0.25) is 0 Å². The van der Waals surface area contributed by atoms with Crippen LogP contribution in [0.15, 0.2) is 12.2 Å². The zero-order chi connectivity index (χ0) is 90.7. The van der Waals surface area contributed by atoms with Crippen LogP contribution in [0.1, 0.15) is 227 Å². The fraction of sp³-hybridized carbons (Fsp3) is 0.940. The Morgan fingerprint density at radius 3 is 1.10 bits per heavy atom. The van der Waals surface area contributed by atoms with Crippen molar-refractivity contribution in [1.82, 2.24) is 16.0 Å². The van der Waals surface area contributed by atoms with Crippen LogP contribution in [0.5, 0.6) is 0 Å². The molecule has 0 aliphatic carbocycles. The number of carbonyl (C=O) groups is 3. The van der Waals surface area contributed by atoms with Crippen LogP contribution in [0.25, 0.3) is 0 Å². The van der Waals surface area contributed by atoms with Gasteiger partial charge in [-0.1, -0.05) is 193 Å². The quantitative estimate of drug-likeness (QED) is 0.0216. The van der Waals surface area contributed by atoms with Crippen LogP contribution in [0.3, 0.4) is 0 Å². The minimum Gasteiger partial charge on any atom is -0.394 e. The summed E-state index contributed by atoms with van der Waals surface area (Å²) in [4.78, 5) is 40.0. The number of nitrogens with one attached hydrogen (secondary N) is 3. The number of ether oxygens (including phenoxy) is 14. The lowest BCUT2D eigenvalue weighted by atomic mass is 9.93. The molecule has 7 heterocycles. The van der Waals surface area contributed by atoms with Crippen LogP contribution < -0.4 is 16.0 Å². The number of aliphatic hydroxyl groups excluding tert-OH is 20. The van der Waals surface area contributed by atoms with Gasteiger partial charge in [-0.25, -0.2) is 0 Å². The molecular formula is C84H151N3O37. The number of hydrogen-bond donors (Lipinski definition) is 23. The average Bonchev–Trinajstić information content (AvgIpc) is 0.757. The zero-order valence-corrected chi connectivity index (χ0v) is 72.6. The first kappa shape index (κ1) is 108. The largest absolute Gasteiger partial charge is 0.394 e. The molecule has 0 spiro atoms. The third-order valence-electron chi connectivity index (χ3n) is 24.3. The monoisotopic (exact) mass is 1790 g/mol. The third-order valence-corrected chi connectivity index (χ3v) is 24.3. The Labute approximate surface area is 726 Å². The molecule has 14 unspecified atom stereocenters. The molecule has 0 saturated carbocycles. The van der Waals surface area contributed by atoms with Gasteiger partial charge in [-0.05, 0) is 26.2 Å². The highest BCUT2D eigenvalue weighted by molar-refractivity contribution is 5.76. The van der Waals surface area contributed by atoms with Crippen molar-refractivity contribution in [1.29, 1.82) is 0 Å². The molecule has 40 nitrogen and oxygen atoms in total. The van der Waals surface area contributed by atoms with E-state index in [0.29, 0.717) is 12.8 Å². The van der Waals surface area contributed by atoms with Gasteiger partial charge in [-0.15, -0.1) is 0 Å². The molecule has 0 aromatic rings. The van der Waals surface area contributed by atoms with Gasteiger partial charge in [0.25, 0.3) is 0 Å². The summed E-state index contributed by atoms with van der Waals surface area (Å²) >= 11 is 0. The summed E-state index contributed by atoms with van der Waals surface area (Å²) in [6, 6.07) is -4.88. The summed E-state index contributed by atoms with van der Waals surface area (Å²) in [6.45, 7) is 0.930. The van der Waals surface area contributed by atoms with Crippen LogP contribution in [0, 0.1) is 0 Å². The van der Waals surface area contributed by atoms with E-state index < -0.39 is 285 Å². The number of unbranched alkanes of at least 4 members (excludes halogenated alkanes) is 27. The van der Waals surface area contributed by atoms with E-state index in [1.807, 2.05) is 6.08 Å². The minimum atomic E-state index is -2.35. The Kier molecular flexibility index (Phi) is 49.2. The van der Waals surface area contributed by atoms with E-state index in [1.54, 1.807) is 6.08 Å². The molecule has 37 atom stereocenters. The minimum absolute atomic E-state index is 0.154. The summed E-state index contributed by atoms with van der Waals surface area (Å²) in [6.07, 6.45) is -29.5. The lowest BCUT2D eigenvalue weighted by Gasteiger charge is -2.52. The van der Waals surface area contributed by atoms with Crippen molar-refractivity contribution in [2.75, 3.05) is 46.2 Å². The second-order valence-electron chi connectivity index (χ2n) is 34.2. The molecule has 0 aromatic carbocycles. The molecule has 0 radical (unpaired) electrons. The van der Waals surface area contributed by atoms with Gasteiger partial charge in [0.1, 0.15) is 165 Å². The number of carbonyl (C=O) groups excluding carboxylic acids is 3. The number of hydrogen-bond acceptors (Lipinski definition) is 37. The van der Waals surface area contributed by atoms with E-state index in [0.717, 1.165) is 65.2 Å². The number of aliphatic hydroxyl groups is 20. The lowest BCUT2D eigenvalue weighted by Crippen LogP contribution is -2.72. The van der Waals surface area contributed by atoms with E-state index in [9.17, 15) is 117 Å². The van der Waals surface area contributed by atoms with Gasteiger partial charge in [0.15, 0.2) is 44.0 Å². The lowest BCUT2D eigenvalue weighted by molar-refractivity contribution is -0.397. The summed E-state index contributed by atoms with van der Waals surface area (Å²) in [7, 11) is 0. The number of allylic oxidation sites excluding steroid dienone is 1. The maximum atomic E-state index is 13.6. The van der Waals surface area contributed by atoms with Crippen molar-refractivity contribution < 1.29 is 183 Å². The molecule has 7 rings (SSSR count). The highest BCUT2D eigenvalue weighted by Crippen LogP contribution is 2.40. The second kappa shape index (κ2) is 56.6. The molecule has 7 aliphatic heterocycles. The zero-order valence-electron chi connectivity index (χ0n) is 72.6. The molecule has 7 saturated heterocycles. The first-order valence-corrected chi connectivity index (χ1v) is 45.3. The summed E-state index contributed by atoms with van der Waals surface area (Å²) < 4.78 is 84.4. The van der Waals surface area contributed by atoms with Gasteiger partial charge < -0.3 is 184 Å². The average molecular weight is 1800 g/mol. The predicted molar refractivity (Wildman–Crippen MR) is 434 cm³/mol. The highest BCUT2D eigenvalue weighted by Gasteiger charge is 2.60. The smallest absolute Gasteiger partial charge is 0.220 e. The van der Waals surface area contributed by atoms with Crippen LogP contribution >= 0.6 is 0 Å². The first-order valence-electron chi connectivity index (χ1n) is 45.3. The maximum absolute atomic E-state index is 13.6. The SMILES string of the molecule is CCCCCCCCCCCCC/C=C/[C@@H](O)[C@H](CO[C@@H]1OC(CO)[C@@H](O[C@@H]2OC(CO)[C@H](O)[C@H](O[C@@H]3OC(CO)[C@@H](O[C@@H]4OC(CO)[C@H](O)[C@H](O[C@@H]5OC(CO)[C@@H](O[C@@H]6OC(CO)[C@H](O)[C@H](O)C6O)[C@H](O)C5NC(C)=O)C4O)[C@H](O[C@H]4OC(C)[C@@H](O)C(O)[C@@H]4O)C3NC(C)=O)C2O)[C@H](O)C1O)NC(=O)CCCCCCCCCCCCCCCCCCC. The fourth-order valence-electron chi connectivity index (χ4n) is 16.9. The molecule has 0 aromatic heterocycles. The molecule has 124 heavy (non-hydrogen) atoms. The topological polar surface area (TPSA) is 621 Å². The van der Waals surface area contributed by atoms with Gasteiger partial charge in [0, 0.05) is 20.3 Å². The third kappa shape index (κ3) is 31.8. The van der Waals surface area contributed by atoms with Crippen molar-refractivity contribution in [3.63, 3.8) is 0 Å². The van der Waals surface area contributed by atoms with E-state index in [-0.39, 0.29) is 12.3 Å². The van der Waals surface area contributed by atoms with E-state index >= 15 is 0 Å². The van der Waals surface area contributed by atoms with Crippen LogP contribution in [-0.2, 0) is 80.7 Å². The van der Waals surface area contributed by atoms with E-state index in [2.05, 4.69) is 29.8 Å². The van der Waals surface area contributed by atoms with Crippen molar-refractivity contribution in [3.05, 3.63) is 12.2 Å². The standard InChI is InChI=1S/C84H151N3O37/c1-6-8-10-12-14-16-18-20-21-22-23-25-27-29-31-33-35-37-56(97)87-48(49(96)36-34-32-30-28-26-24-19-17-15-13-11-9-7-2)44-111-80-69(108)66(105)73(54(42-92)118-80)120-83-70(109)77(62(101)51(39-89)114-83)124-79-58(86-47(5)95)75(122-81-67(106)64(103)59(98)45(3)112-81)74(55(43-93)117-79)121-84-71(110)76(61(100)52(40-90)115-84)123-78-57(85-46(4)94)63(102)72(53(41-91)116-78)119-82-68(107)65(104)60(99)50(38-88)113-82/h34,36,45,48-55,57-84,88-93,96,98-110H,6-33,35,37-44H2,1-5H3,(H,85,94)(H,86,95)(H,87,97)/b36-34+/t45?,48-,49+,50?,51?,52?,53?,54?,55?,57?,58?,59+,60-,61-,62-,63+,64?,65-,66+,67-,68?,69?,70?,71?,72+,73+,74+,75+,76-,77-,78-,79-,80+,81+,82-,83-,84-/m0/s1. The summed E-state index contributed by atoms with van der Waals surface area (Å²) in [5.74, 6) is -2.18. The molecule has 0 bridgehead atoms. The van der Waals surface area contributed by atoms with Gasteiger partial charge in [-0.3, -0.25) is 14.4 Å². The van der Waals surface area contributed by atoms with Gasteiger partial charge in [-0.2, -0.15) is 0 Å². The second-order valence-corrected chi connectivity index (χ2v) is 34.2. The van der Waals surface area contributed by atoms with E-state index in [1.165, 1.54) is 129 Å². The Bertz CT molecular complexity index is 2950. The number of amides is 3. The first-order chi connectivity index (χ1) is 59.5. The van der Waals surface area contributed by atoms with Crippen LogP contribution in [-0.4, -0.2) is 393 Å². The predicted octanol–water partition coefficient (Wildman–Crippen LogP) is -2.79. The Balaban J connectivity index is 1.05.